The van der Waals surface area contributed by atoms with Gasteiger partial charge in [0.2, 0.25) is 0 Å². The van der Waals surface area contributed by atoms with Crippen LogP contribution in [0.25, 0.3) is 0 Å². The molecule has 0 N–H and O–H groups in total. The third-order valence-corrected chi connectivity index (χ3v) is 1.81. The highest BCUT2D eigenvalue weighted by Gasteiger charge is 2.16. The Balaban J connectivity index is 3.79. The van der Waals surface area contributed by atoms with Crippen LogP contribution in [-0.4, -0.2) is 0 Å². The van der Waals surface area contributed by atoms with Crippen molar-refractivity contribution in [3.63, 3.8) is 0 Å². The fraction of sp³-hybridized carbons (Fsp3) is 0.727. The van der Waals surface area contributed by atoms with Crippen LogP contribution < -0.4 is 0 Å². The van der Waals surface area contributed by atoms with Crippen molar-refractivity contribution in [1.82, 2.24) is 0 Å². The van der Waals surface area contributed by atoms with Gasteiger partial charge in [0.1, 0.15) is 0 Å². The zero-order valence-corrected chi connectivity index (χ0v) is 8.35. The van der Waals surface area contributed by atoms with Gasteiger partial charge in [0, 0.05) is 0 Å². The quantitative estimate of drug-likeness (QED) is 0.538. The molecule has 0 aromatic rings. The third-order valence-electron chi connectivity index (χ3n) is 1.81. The van der Waals surface area contributed by atoms with Gasteiger partial charge in [-0.15, -0.1) is 0 Å². The van der Waals surface area contributed by atoms with Crippen LogP contribution in [0.1, 0.15) is 40.5 Å². The second kappa shape index (κ2) is 4.58. The molecule has 0 aliphatic heterocycles. The molecule has 1 radical (unpaired) electrons. The summed E-state index contributed by atoms with van der Waals surface area (Å²) in [6, 6.07) is 0. The fourth-order valence-electron chi connectivity index (χ4n) is 1.46. The van der Waals surface area contributed by atoms with Crippen molar-refractivity contribution in [2.45, 2.75) is 40.5 Å². The molecule has 0 spiro atoms. The van der Waals surface area contributed by atoms with Gasteiger partial charge in [-0.3, -0.25) is 0 Å². The first-order valence-corrected chi connectivity index (χ1v) is 4.42. The summed E-state index contributed by atoms with van der Waals surface area (Å²) in [6.45, 7) is 12.9. The number of allylic oxidation sites excluding steroid dienone is 2. The fourth-order valence-corrected chi connectivity index (χ4v) is 1.46. The van der Waals surface area contributed by atoms with E-state index in [-0.39, 0.29) is 0 Å². The Bertz CT molecular complexity index is 118. The van der Waals surface area contributed by atoms with Crippen LogP contribution in [0.3, 0.4) is 0 Å². The van der Waals surface area contributed by atoms with Crippen molar-refractivity contribution in [1.29, 1.82) is 0 Å². The average molecular weight is 153 g/mol. The molecule has 0 rings (SSSR count). The molecule has 0 aromatic heterocycles. The normalized spacial score (nSPS) is 13.3. The maximum absolute atomic E-state index is 4.01. The van der Waals surface area contributed by atoms with Gasteiger partial charge in [0.25, 0.3) is 0 Å². The summed E-state index contributed by atoms with van der Waals surface area (Å²) in [5.41, 5.74) is 0.424. The zero-order valence-electron chi connectivity index (χ0n) is 8.35. The molecular weight excluding hydrogens is 132 g/mol. The maximum atomic E-state index is 4.01. The Labute approximate surface area is 71.7 Å². The highest BCUT2D eigenvalue weighted by molar-refractivity contribution is 4.85. The molecule has 1 atom stereocenters. The van der Waals surface area contributed by atoms with E-state index < -0.39 is 0 Å². The van der Waals surface area contributed by atoms with Gasteiger partial charge in [0.15, 0.2) is 0 Å². The van der Waals surface area contributed by atoms with E-state index in [9.17, 15) is 0 Å². The van der Waals surface area contributed by atoms with Crippen molar-refractivity contribution < 1.29 is 0 Å². The van der Waals surface area contributed by atoms with Crippen molar-refractivity contribution in [3.05, 3.63) is 19.1 Å². The molecule has 1 unspecified atom stereocenters. The third kappa shape index (κ3) is 6.15. The zero-order chi connectivity index (χ0) is 8.91. The van der Waals surface area contributed by atoms with Gasteiger partial charge < -0.3 is 0 Å². The molecule has 0 aliphatic rings. The number of hydrogen-bond acceptors (Lipinski definition) is 0. The summed E-state index contributed by atoms with van der Waals surface area (Å²) < 4.78 is 0. The molecule has 0 bridgehead atoms. The van der Waals surface area contributed by atoms with Gasteiger partial charge in [-0.1, -0.05) is 39.8 Å². The Kier molecular flexibility index (Phi) is 4.48. The first kappa shape index (κ1) is 10.7. The molecule has 0 heteroatoms. The van der Waals surface area contributed by atoms with Crippen molar-refractivity contribution >= 4 is 0 Å². The van der Waals surface area contributed by atoms with Gasteiger partial charge in [-0.05, 0) is 31.1 Å². The molecule has 0 amide bonds. The molecule has 0 nitrogen and oxygen atoms in total. The Morgan fingerprint density at radius 3 is 2.36 bits per heavy atom. The smallest absolute Gasteiger partial charge is 0.0299 e. The summed E-state index contributed by atoms with van der Waals surface area (Å²) in [5, 5.41) is 0. The summed E-state index contributed by atoms with van der Waals surface area (Å²) in [5.74, 6) is 0.565. The van der Waals surface area contributed by atoms with E-state index in [0.29, 0.717) is 11.3 Å². The Hall–Kier alpha value is -0.260. The minimum Gasteiger partial charge on any atom is -0.0916 e. The van der Waals surface area contributed by atoms with Crippen LogP contribution in [0.5, 0.6) is 0 Å². The number of rotatable bonds is 4. The minimum atomic E-state index is 0.424. The van der Waals surface area contributed by atoms with E-state index in [1.807, 2.05) is 0 Å². The van der Waals surface area contributed by atoms with Gasteiger partial charge in [0.05, 0.1) is 0 Å². The number of hydrogen-bond donors (Lipinski definition) is 0. The lowest BCUT2D eigenvalue weighted by Crippen LogP contribution is -2.13. The van der Waals surface area contributed by atoms with Crippen LogP contribution in [0.4, 0.5) is 0 Å². The van der Waals surface area contributed by atoms with E-state index >= 15 is 0 Å². The molecule has 0 saturated carbocycles. The molecule has 0 aromatic carbocycles. The second-order valence-corrected chi connectivity index (χ2v) is 4.25. The summed E-state index contributed by atoms with van der Waals surface area (Å²) >= 11 is 0. The largest absolute Gasteiger partial charge is 0.0916 e. The SMILES string of the molecule is [CH2]C(C)CC(C)(C)C/C=C/C. The van der Waals surface area contributed by atoms with Gasteiger partial charge in [-0.25, -0.2) is 0 Å². The minimum absolute atomic E-state index is 0.424. The van der Waals surface area contributed by atoms with Crippen LogP contribution in [0.2, 0.25) is 0 Å². The Morgan fingerprint density at radius 2 is 2.00 bits per heavy atom. The molecular formula is C11H21. The molecule has 0 fully saturated rings. The van der Waals surface area contributed by atoms with Crippen molar-refractivity contribution in [3.8, 4) is 0 Å². The van der Waals surface area contributed by atoms with E-state index in [4.69, 9.17) is 0 Å². The molecule has 65 valence electrons. The molecule has 0 heterocycles. The van der Waals surface area contributed by atoms with Crippen LogP contribution in [-0.2, 0) is 0 Å². The lowest BCUT2D eigenvalue weighted by Gasteiger charge is -2.24. The lowest BCUT2D eigenvalue weighted by atomic mass is 9.81. The predicted octanol–water partition coefficient (Wildman–Crippen LogP) is 3.84. The average Bonchev–Trinajstić information content (AvgIpc) is 1.81. The topological polar surface area (TPSA) is 0 Å². The lowest BCUT2D eigenvalue weighted by molar-refractivity contribution is 0.303. The first-order chi connectivity index (χ1) is 4.98. The predicted molar refractivity (Wildman–Crippen MR) is 52.4 cm³/mol. The van der Waals surface area contributed by atoms with E-state index in [1.54, 1.807) is 0 Å². The van der Waals surface area contributed by atoms with E-state index in [1.165, 1.54) is 12.8 Å². The second-order valence-electron chi connectivity index (χ2n) is 4.25. The molecule has 0 saturated heterocycles. The van der Waals surface area contributed by atoms with Gasteiger partial charge in [-0.2, -0.15) is 0 Å². The molecule has 0 aliphatic carbocycles. The van der Waals surface area contributed by atoms with Crippen molar-refractivity contribution in [2.75, 3.05) is 0 Å². The van der Waals surface area contributed by atoms with Crippen LogP contribution >= 0.6 is 0 Å². The highest BCUT2D eigenvalue weighted by Crippen LogP contribution is 2.29. The monoisotopic (exact) mass is 153 g/mol. The highest BCUT2D eigenvalue weighted by atomic mass is 14.2. The maximum Gasteiger partial charge on any atom is -0.0299 e. The molecule has 11 heavy (non-hydrogen) atoms. The van der Waals surface area contributed by atoms with Crippen LogP contribution in [0.15, 0.2) is 12.2 Å². The Morgan fingerprint density at radius 1 is 1.45 bits per heavy atom. The van der Waals surface area contributed by atoms with Crippen molar-refractivity contribution in [2.24, 2.45) is 11.3 Å². The first-order valence-electron chi connectivity index (χ1n) is 4.42. The summed E-state index contributed by atoms with van der Waals surface area (Å²) in [6.07, 6.45) is 6.73. The van der Waals surface area contributed by atoms with Crippen LogP contribution in [0, 0.1) is 18.3 Å². The van der Waals surface area contributed by atoms with E-state index in [2.05, 4.69) is 46.8 Å². The standard InChI is InChI=1S/C11H21/c1-6-7-8-11(4,5)9-10(2)3/h6-7,10H,2,8-9H2,1,3-5H3/b7-6+. The van der Waals surface area contributed by atoms with Gasteiger partial charge >= 0.3 is 0 Å². The van der Waals surface area contributed by atoms with E-state index in [0.717, 1.165) is 0 Å². The summed E-state index contributed by atoms with van der Waals surface area (Å²) in [4.78, 5) is 0. The summed E-state index contributed by atoms with van der Waals surface area (Å²) in [7, 11) is 0.